The highest BCUT2D eigenvalue weighted by atomic mass is 79.9. The quantitative estimate of drug-likeness (QED) is 0.678. The third-order valence-electron chi connectivity index (χ3n) is 2.99. The Hall–Kier alpha value is -1.000. The molecule has 0 N–H and O–H groups in total. The molecule has 2 aromatic carbocycles. The molecule has 0 heterocycles. The van der Waals surface area contributed by atoms with Gasteiger partial charge in [0.2, 0.25) is 0 Å². The zero-order valence-electron chi connectivity index (χ0n) is 10.9. The molecule has 0 aliphatic rings. The third-order valence-corrected chi connectivity index (χ3v) is 4.27. The minimum Gasteiger partial charge on any atom is -0.497 e. The number of anilines is 2. The molecule has 19 heavy (non-hydrogen) atoms. The molecule has 0 fully saturated rings. The summed E-state index contributed by atoms with van der Waals surface area (Å²) in [5.41, 5.74) is 3.50. The summed E-state index contributed by atoms with van der Waals surface area (Å²) in [5, 5.41) is 0.859. The van der Waals surface area contributed by atoms with Gasteiger partial charge in [0.15, 0.2) is 0 Å². The fourth-order valence-electron chi connectivity index (χ4n) is 1.85. The van der Waals surface area contributed by atoms with E-state index in [1.807, 2.05) is 24.3 Å². The van der Waals surface area contributed by atoms with Crippen LogP contribution in [0.3, 0.4) is 0 Å². The second-order valence-electron chi connectivity index (χ2n) is 4.18. The summed E-state index contributed by atoms with van der Waals surface area (Å²) in [5.74, 6) is 0.867. The van der Waals surface area contributed by atoms with Crippen molar-refractivity contribution < 1.29 is 4.74 Å². The number of alkyl halides is 1. The lowest BCUT2D eigenvalue weighted by Crippen LogP contribution is -2.10. The van der Waals surface area contributed by atoms with E-state index in [0.29, 0.717) is 0 Å². The molecule has 0 unspecified atom stereocenters. The maximum absolute atomic E-state index is 5.18. The largest absolute Gasteiger partial charge is 0.497 e. The van der Waals surface area contributed by atoms with Crippen molar-refractivity contribution in [3.8, 4) is 5.75 Å². The highest BCUT2D eigenvalue weighted by Crippen LogP contribution is 2.32. The van der Waals surface area contributed by atoms with Crippen LogP contribution in [-0.4, -0.2) is 14.2 Å². The molecular formula is C15H15Br2NO. The monoisotopic (exact) mass is 383 g/mol. The Bertz CT molecular complexity index is 555. The van der Waals surface area contributed by atoms with Crippen LogP contribution in [0.1, 0.15) is 5.56 Å². The van der Waals surface area contributed by atoms with E-state index in [2.05, 4.69) is 62.0 Å². The summed E-state index contributed by atoms with van der Waals surface area (Å²) in [7, 11) is 3.73. The first-order chi connectivity index (χ1) is 9.15. The molecule has 0 amide bonds. The van der Waals surface area contributed by atoms with Gasteiger partial charge in [0.25, 0.3) is 0 Å². The summed E-state index contributed by atoms with van der Waals surface area (Å²) in [6.07, 6.45) is 0. The van der Waals surface area contributed by atoms with Crippen molar-refractivity contribution >= 4 is 43.2 Å². The van der Waals surface area contributed by atoms with Crippen LogP contribution in [0.25, 0.3) is 0 Å². The Morgan fingerprint density at radius 2 is 1.79 bits per heavy atom. The lowest BCUT2D eigenvalue weighted by Gasteiger charge is -2.21. The molecule has 0 radical (unpaired) electrons. The number of benzene rings is 2. The minimum atomic E-state index is 0.859. The number of hydrogen-bond acceptors (Lipinski definition) is 2. The third kappa shape index (κ3) is 3.31. The number of hydrogen-bond donors (Lipinski definition) is 0. The van der Waals surface area contributed by atoms with Crippen molar-refractivity contribution in [2.75, 3.05) is 19.1 Å². The second-order valence-corrected chi connectivity index (χ2v) is 5.59. The maximum atomic E-state index is 5.18. The predicted molar refractivity (Wildman–Crippen MR) is 87.8 cm³/mol. The van der Waals surface area contributed by atoms with E-state index in [-0.39, 0.29) is 0 Å². The van der Waals surface area contributed by atoms with Gasteiger partial charge in [-0.1, -0.05) is 22.0 Å². The average molecular weight is 385 g/mol. The number of ether oxygens (including phenoxy) is 1. The smallest absolute Gasteiger partial charge is 0.119 e. The van der Waals surface area contributed by atoms with Crippen molar-refractivity contribution in [2.24, 2.45) is 0 Å². The Labute approximate surface area is 130 Å². The topological polar surface area (TPSA) is 12.5 Å². The van der Waals surface area contributed by atoms with Crippen molar-refractivity contribution in [1.82, 2.24) is 0 Å². The molecule has 0 aromatic heterocycles. The number of nitrogens with zero attached hydrogens (tertiary/aromatic N) is 1. The molecule has 0 atom stereocenters. The van der Waals surface area contributed by atoms with Gasteiger partial charge in [0, 0.05) is 22.5 Å². The van der Waals surface area contributed by atoms with E-state index in [9.17, 15) is 0 Å². The number of rotatable bonds is 4. The molecule has 2 nitrogen and oxygen atoms in total. The summed E-state index contributed by atoms with van der Waals surface area (Å²) in [4.78, 5) is 2.14. The lowest BCUT2D eigenvalue weighted by molar-refractivity contribution is 0.415. The van der Waals surface area contributed by atoms with E-state index in [0.717, 1.165) is 26.9 Å². The molecular weight excluding hydrogens is 370 g/mol. The zero-order valence-corrected chi connectivity index (χ0v) is 14.0. The zero-order chi connectivity index (χ0) is 13.8. The van der Waals surface area contributed by atoms with Crippen LogP contribution >= 0.6 is 31.9 Å². The van der Waals surface area contributed by atoms with E-state index in [1.54, 1.807) is 7.11 Å². The predicted octanol–water partition coefficient (Wildman–Crippen LogP) is 5.12. The van der Waals surface area contributed by atoms with Gasteiger partial charge in [-0.15, -0.1) is 0 Å². The summed E-state index contributed by atoms with van der Waals surface area (Å²) in [6, 6.07) is 14.4. The van der Waals surface area contributed by atoms with Crippen LogP contribution in [0.5, 0.6) is 5.75 Å². The number of halogens is 2. The highest BCUT2D eigenvalue weighted by molar-refractivity contribution is 9.10. The molecule has 2 rings (SSSR count). The van der Waals surface area contributed by atoms with Gasteiger partial charge in [-0.05, 0) is 57.9 Å². The second kappa shape index (κ2) is 6.44. The first-order valence-electron chi connectivity index (χ1n) is 5.88. The van der Waals surface area contributed by atoms with Crippen LogP contribution in [0.4, 0.5) is 11.4 Å². The van der Waals surface area contributed by atoms with Gasteiger partial charge in [-0.25, -0.2) is 0 Å². The summed E-state index contributed by atoms with van der Waals surface area (Å²) >= 11 is 7.09. The normalized spacial score (nSPS) is 10.3. The van der Waals surface area contributed by atoms with Crippen molar-refractivity contribution in [1.29, 1.82) is 0 Å². The van der Waals surface area contributed by atoms with Gasteiger partial charge < -0.3 is 9.64 Å². The van der Waals surface area contributed by atoms with Crippen molar-refractivity contribution in [2.45, 2.75) is 5.33 Å². The molecule has 0 aliphatic carbocycles. The van der Waals surface area contributed by atoms with E-state index in [1.165, 1.54) is 5.56 Å². The standard InChI is InChI=1S/C15H15Br2NO/c1-18(12-4-6-13(19-2)7-5-12)15-8-3-11(10-16)9-14(15)17/h3-9H,10H2,1-2H3. The minimum absolute atomic E-state index is 0.859. The van der Waals surface area contributed by atoms with Crippen molar-refractivity contribution in [3.63, 3.8) is 0 Å². The summed E-state index contributed by atoms with van der Waals surface area (Å²) < 4.78 is 6.26. The molecule has 0 saturated carbocycles. The molecule has 0 saturated heterocycles. The Morgan fingerprint density at radius 3 is 2.32 bits per heavy atom. The van der Waals surface area contributed by atoms with E-state index in [4.69, 9.17) is 4.74 Å². The van der Waals surface area contributed by atoms with Gasteiger partial charge in [0.1, 0.15) is 5.75 Å². The first kappa shape index (κ1) is 14.4. The van der Waals surface area contributed by atoms with E-state index >= 15 is 0 Å². The van der Waals surface area contributed by atoms with Gasteiger partial charge in [0.05, 0.1) is 12.8 Å². The average Bonchev–Trinajstić information content (AvgIpc) is 2.46. The molecule has 0 spiro atoms. The van der Waals surface area contributed by atoms with Gasteiger partial charge in [-0.3, -0.25) is 0 Å². The Morgan fingerprint density at radius 1 is 1.11 bits per heavy atom. The first-order valence-corrected chi connectivity index (χ1v) is 7.79. The highest BCUT2D eigenvalue weighted by Gasteiger charge is 2.08. The lowest BCUT2D eigenvalue weighted by atomic mass is 10.2. The molecule has 0 aliphatic heterocycles. The van der Waals surface area contributed by atoms with Crippen LogP contribution < -0.4 is 9.64 Å². The molecule has 0 bridgehead atoms. The van der Waals surface area contributed by atoms with Crippen LogP contribution in [0, 0.1) is 0 Å². The molecule has 100 valence electrons. The Balaban J connectivity index is 2.29. The van der Waals surface area contributed by atoms with Crippen LogP contribution in [-0.2, 0) is 5.33 Å². The molecule has 2 aromatic rings. The SMILES string of the molecule is COc1ccc(N(C)c2ccc(CBr)cc2Br)cc1. The van der Waals surface area contributed by atoms with Crippen molar-refractivity contribution in [3.05, 3.63) is 52.5 Å². The molecule has 4 heteroatoms. The Kier molecular flexibility index (Phi) is 4.88. The van der Waals surface area contributed by atoms with Gasteiger partial charge >= 0.3 is 0 Å². The van der Waals surface area contributed by atoms with Crippen LogP contribution in [0.2, 0.25) is 0 Å². The van der Waals surface area contributed by atoms with Crippen LogP contribution in [0.15, 0.2) is 46.9 Å². The maximum Gasteiger partial charge on any atom is 0.119 e. The summed E-state index contributed by atoms with van der Waals surface area (Å²) in [6.45, 7) is 0. The fraction of sp³-hybridized carbons (Fsp3) is 0.200. The number of methoxy groups -OCH3 is 1. The van der Waals surface area contributed by atoms with Gasteiger partial charge in [-0.2, -0.15) is 0 Å². The fourth-order valence-corrected chi connectivity index (χ4v) is 2.89. The van der Waals surface area contributed by atoms with E-state index < -0.39 is 0 Å².